The van der Waals surface area contributed by atoms with E-state index in [-0.39, 0.29) is 6.10 Å². The Kier molecular flexibility index (Phi) is 4.47. The summed E-state index contributed by atoms with van der Waals surface area (Å²) in [5.41, 5.74) is 8.95. The van der Waals surface area contributed by atoms with Crippen molar-refractivity contribution in [1.29, 1.82) is 5.26 Å². The molecule has 5 nitrogen and oxygen atoms in total. The number of aromatic amines is 1. The number of aromatic nitrogens is 2. The summed E-state index contributed by atoms with van der Waals surface area (Å²) >= 11 is 6.02. The standard InChI is InChI=1S/C17H15ClN4O/c18-13-3-1-12(9-20)17(8-13)23-16(5-6-19)11-2-4-14-15(7-11)22-10-21-14/h1-4,7-8,10,16H,5-6,19H2,(H,21,22). The van der Waals surface area contributed by atoms with E-state index in [9.17, 15) is 5.26 Å². The number of rotatable bonds is 5. The number of imidazole rings is 1. The van der Waals surface area contributed by atoms with Gasteiger partial charge in [-0.3, -0.25) is 0 Å². The summed E-state index contributed by atoms with van der Waals surface area (Å²) in [7, 11) is 0. The molecule has 1 atom stereocenters. The van der Waals surface area contributed by atoms with Crippen molar-refractivity contribution in [1.82, 2.24) is 9.97 Å². The average Bonchev–Trinajstić information content (AvgIpc) is 3.02. The fourth-order valence-electron chi connectivity index (χ4n) is 2.44. The van der Waals surface area contributed by atoms with Crippen LogP contribution in [0.3, 0.4) is 0 Å². The van der Waals surface area contributed by atoms with Gasteiger partial charge in [-0.1, -0.05) is 17.7 Å². The van der Waals surface area contributed by atoms with Crippen LogP contribution in [0.5, 0.6) is 5.75 Å². The number of nitriles is 1. The van der Waals surface area contributed by atoms with Gasteiger partial charge in [-0.25, -0.2) is 4.98 Å². The van der Waals surface area contributed by atoms with Crippen molar-refractivity contribution in [2.75, 3.05) is 6.54 Å². The molecular weight excluding hydrogens is 312 g/mol. The predicted molar refractivity (Wildman–Crippen MR) is 89.3 cm³/mol. The maximum absolute atomic E-state index is 9.23. The minimum atomic E-state index is -0.265. The first-order valence-electron chi connectivity index (χ1n) is 7.20. The molecule has 0 saturated carbocycles. The third-order valence-electron chi connectivity index (χ3n) is 3.58. The van der Waals surface area contributed by atoms with E-state index in [1.54, 1.807) is 24.5 Å². The zero-order valence-electron chi connectivity index (χ0n) is 12.3. The Balaban J connectivity index is 1.95. The number of fused-ring (bicyclic) bond motifs is 1. The summed E-state index contributed by atoms with van der Waals surface area (Å²) in [5.74, 6) is 0.461. The second-order valence-electron chi connectivity index (χ2n) is 5.12. The first kappa shape index (κ1) is 15.3. The third kappa shape index (κ3) is 3.29. The number of hydrogen-bond acceptors (Lipinski definition) is 4. The van der Waals surface area contributed by atoms with Gasteiger partial charge in [-0.15, -0.1) is 0 Å². The molecule has 6 heteroatoms. The van der Waals surface area contributed by atoms with E-state index in [1.165, 1.54) is 0 Å². The van der Waals surface area contributed by atoms with Crippen molar-refractivity contribution in [3.05, 3.63) is 58.9 Å². The number of nitrogens with zero attached hydrogens (tertiary/aromatic N) is 2. The van der Waals surface area contributed by atoms with E-state index in [4.69, 9.17) is 22.1 Å². The number of nitrogens with two attached hydrogens (primary N) is 1. The Morgan fingerprint density at radius 3 is 2.96 bits per heavy atom. The first-order chi connectivity index (χ1) is 11.2. The minimum absolute atomic E-state index is 0.265. The Labute approximate surface area is 138 Å². The SMILES string of the molecule is N#Cc1ccc(Cl)cc1OC(CCN)c1ccc2nc[nH]c2c1. The van der Waals surface area contributed by atoms with Gasteiger partial charge in [0.05, 0.1) is 22.9 Å². The molecule has 0 bridgehead atoms. The lowest BCUT2D eigenvalue weighted by Gasteiger charge is -2.20. The number of H-pyrrole nitrogens is 1. The number of benzene rings is 2. The molecule has 0 aliphatic rings. The van der Waals surface area contributed by atoms with Gasteiger partial charge in [-0.2, -0.15) is 5.26 Å². The monoisotopic (exact) mass is 326 g/mol. The van der Waals surface area contributed by atoms with Crippen LogP contribution in [-0.4, -0.2) is 16.5 Å². The second-order valence-corrected chi connectivity index (χ2v) is 5.55. The van der Waals surface area contributed by atoms with Crippen LogP contribution in [0, 0.1) is 11.3 Å². The highest BCUT2D eigenvalue weighted by Gasteiger charge is 2.16. The largest absolute Gasteiger partial charge is 0.484 e. The lowest BCUT2D eigenvalue weighted by Crippen LogP contribution is -2.14. The summed E-state index contributed by atoms with van der Waals surface area (Å²) < 4.78 is 6.05. The molecule has 1 heterocycles. The molecule has 1 unspecified atom stereocenters. The molecule has 23 heavy (non-hydrogen) atoms. The van der Waals surface area contributed by atoms with Crippen LogP contribution in [0.25, 0.3) is 11.0 Å². The molecular formula is C17H15ClN4O. The normalized spacial score (nSPS) is 12.0. The third-order valence-corrected chi connectivity index (χ3v) is 3.81. The summed E-state index contributed by atoms with van der Waals surface area (Å²) in [6, 6.07) is 13.0. The molecule has 0 aliphatic heterocycles. The van der Waals surface area contributed by atoms with Crippen LogP contribution in [0.2, 0.25) is 5.02 Å². The maximum Gasteiger partial charge on any atom is 0.139 e. The minimum Gasteiger partial charge on any atom is -0.484 e. The quantitative estimate of drug-likeness (QED) is 0.750. The van der Waals surface area contributed by atoms with Crippen molar-refractivity contribution in [2.24, 2.45) is 5.73 Å². The van der Waals surface area contributed by atoms with Crippen LogP contribution in [0.1, 0.15) is 23.7 Å². The smallest absolute Gasteiger partial charge is 0.139 e. The van der Waals surface area contributed by atoms with Gasteiger partial charge in [-0.05, 0) is 36.4 Å². The molecule has 3 N–H and O–H groups in total. The van der Waals surface area contributed by atoms with Crippen LogP contribution in [0.4, 0.5) is 0 Å². The van der Waals surface area contributed by atoms with E-state index in [0.717, 1.165) is 16.6 Å². The van der Waals surface area contributed by atoms with Crippen LogP contribution in [0.15, 0.2) is 42.7 Å². The van der Waals surface area contributed by atoms with Gasteiger partial charge < -0.3 is 15.5 Å². The number of nitrogens with one attached hydrogen (secondary N) is 1. The first-order valence-corrected chi connectivity index (χ1v) is 7.58. The van der Waals surface area contributed by atoms with Crippen LogP contribution >= 0.6 is 11.6 Å². The summed E-state index contributed by atoms with van der Waals surface area (Å²) in [6.07, 6.45) is 2.01. The van der Waals surface area contributed by atoms with Crippen molar-refractivity contribution in [3.63, 3.8) is 0 Å². The lowest BCUT2D eigenvalue weighted by molar-refractivity contribution is 0.197. The highest BCUT2D eigenvalue weighted by molar-refractivity contribution is 6.30. The average molecular weight is 327 g/mol. The summed E-state index contributed by atoms with van der Waals surface area (Å²) in [5, 5.41) is 9.75. The van der Waals surface area contributed by atoms with E-state index in [2.05, 4.69) is 16.0 Å². The summed E-state index contributed by atoms with van der Waals surface area (Å²) in [6.45, 7) is 0.466. The molecule has 1 aromatic heterocycles. The maximum atomic E-state index is 9.23. The second kappa shape index (κ2) is 6.69. The lowest BCUT2D eigenvalue weighted by atomic mass is 10.1. The van der Waals surface area contributed by atoms with E-state index < -0.39 is 0 Å². The number of ether oxygens (including phenoxy) is 1. The van der Waals surface area contributed by atoms with E-state index >= 15 is 0 Å². The van der Waals surface area contributed by atoms with Gasteiger partial charge in [0, 0.05) is 17.5 Å². The molecule has 116 valence electrons. The van der Waals surface area contributed by atoms with Crippen LogP contribution < -0.4 is 10.5 Å². The molecule has 0 spiro atoms. The van der Waals surface area contributed by atoms with E-state index in [1.807, 2.05) is 18.2 Å². The number of hydrogen-bond donors (Lipinski definition) is 2. The van der Waals surface area contributed by atoms with Crippen molar-refractivity contribution in [3.8, 4) is 11.8 Å². The van der Waals surface area contributed by atoms with E-state index in [0.29, 0.717) is 29.3 Å². The van der Waals surface area contributed by atoms with Gasteiger partial charge in [0.15, 0.2) is 0 Å². The van der Waals surface area contributed by atoms with Gasteiger partial charge >= 0.3 is 0 Å². The topological polar surface area (TPSA) is 87.7 Å². The molecule has 3 rings (SSSR count). The fourth-order valence-corrected chi connectivity index (χ4v) is 2.60. The Hall–Kier alpha value is -2.55. The van der Waals surface area contributed by atoms with Gasteiger partial charge in [0.2, 0.25) is 0 Å². The van der Waals surface area contributed by atoms with Crippen LogP contribution in [-0.2, 0) is 0 Å². The Morgan fingerprint density at radius 2 is 2.17 bits per heavy atom. The molecule has 0 fully saturated rings. The van der Waals surface area contributed by atoms with Gasteiger partial charge in [0.25, 0.3) is 0 Å². The molecule has 0 amide bonds. The fraction of sp³-hybridized carbons (Fsp3) is 0.176. The molecule has 0 saturated heterocycles. The zero-order valence-corrected chi connectivity index (χ0v) is 13.0. The Bertz CT molecular complexity index is 868. The van der Waals surface area contributed by atoms with Crippen molar-refractivity contribution < 1.29 is 4.74 Å². The molecule has 0 aliphatic carbocycles. The molecule has 0 radical (unpaired) electrons. The highest BCUT2D eigenvalue weighted by atomic mass is 35.5. The predicted octanol–water partition coefficient (Wildman–Crippen LogP) is 3.56. The molecule has 2 aromatic carbocycles. The van der Waals surface area contributed by atoms with Gasteiger partial charge in [0.1, 0.15) is 17.9 Å². The summed E-state index contributed by atoms with van der Waals surface area (Å²) in [4.78, 5) is 7.29. The highest BCUT2D eigenvalue weighted by Crippen LogP contribution is 2.30. The Morgan fingerprint density at radius 1 is 1.30 bits per heavy atom. The number of halogens is 1. The zero-order chi connectivity index (χ0) is 16.2. The molecule has 3 aromatic rings. The van der Waals surface area contributed by atoms with Crippen molar-refractivity contribution >= 4 is 22.6 Å². The van der Waals surface area contributed by atoms with Crippen molar-refractivity contribution in [2.45, 2.75) is 12.5 Å².